The van der Waals surface area contributed by atoms with Gasteiger partial charge in [-0.2, -0.15) is 0 Å². The Bertz CT molecular complexity index is 939. The predicted octanol–water partition coefficient (Wildman–Crippen LogP) is 6.36. The van der Waals surface area contributed by atoms with Crippen LogP contribution < -0.4 is 5.32 Å². The molecule has 4 rings (SSSR count). The molecule has 3 nitrogen and oxygen atoms in total. The molecule has 1 N–H and O–H groups in total. The third kappa shape index (κ3) is 4.30. The van der Waals surface area contributed by atoms with Crippen molar-refractivity contribution in [1.29, 1.82) is 0 Å². The monoisotopic (exact) mass is 370 g/mol. The van der Waals surface area contributed by atoms with Gasteiger partial charge in [-0.3, -0.25) is 9.78 Å². The Kier molecular flexibility index (Phi) is 5.52. The number of anilines is 1. The summed E-state index contributed by atoms with van der Waals surface area (Å²) < 4.78 is 0. The van der Waals surface area contributed by atoms with Gasteiger partial charge >= 0.3 is 0 Å². The van der Waals surface area contributed by atoms with Crippen LogP contribution in [0, 0.1) is 6.92 Å². The molecular formula is C25H26N2O. The van der Waals surface area contributed by atoms with Crippen molar-refractivity contribution in [3.63, 3.8) is 0 Å². The minimum atomic E-state index is -0.0887. The molecule has 0 unspecified atom stereocenters. The minimum absolute atomic E-state index is 0.0887. The lowest BCUT2D eigenvalue weighted by molar-refractivity contribution is 0.102. The first kappa shape index (κ1) is 18.4. The van der Waals surface area contributed by atoms with E-state index in [0.29, 0.717) is 11.5 Å². The second kappa shape index (κ2) is 8.39. The van der Waals surface area contributed by atoms with Crippen LogP contribution in [-0.4, -0.2) is 10.9 Å². The molecule has 3 heteroatoms. The van der Waals surface area contributed by atoms with E-state index in [1.165, 1.54) is 43.2 Å². The standard InChI is InChI=1S/C25H26N2O/c1-18-15-16-26-24(17-18)21-7-9-22(10-8-21)25(28)27-23-13-11-20(12-14-23)19-5-3-2-4-6-19/h7-17,19H,2-6H2,1H3,(H,27,28). The number of nitrogens with one attached hydrogen (secondary N) is 1. The largest absolute Gasteiger partial charge is 0.322 e. The van der Waals surface area contributed by atoms with Gasteiger partial charge in [-0.15, -0.1) is 0 Å². The van der Waals surface area contributed by atoms with Gasteiger partial charge < -0.3 is 5.32 Å². The molecule has 1 fully saturated rings. The van der Waals surface area contributed by atoms with Crippen LogP contribution in [0.4, 0.5) is 5.69 Å². The summed E-state index contributed by atoms with van der Waals surface area (Å²) in [6.45, 7) is 2.05. The number of rotatable bonds is 4. The SMILES string of the molecule is Cc1ccnc(-c2ccc(C(=O)Nc3ccc(C4CCCCC4)cc3)cc2)c1. The first-order valence-corrected chi connectivity index (χ1v) is 10.1. The van der Waals surface area contributed by atoms with Crippen molar-refractivity contribution >= 4 is 11.6 Å². The van der Waals surface area contributed by atoms with Crippen molar-refractivity contribution in [3.8, 4) is 11.3 Å². The molecule has 0 bridgehead atoms. The summed E-state index contributed by atoms with van der Waals surface area (Å²) >= 11 is 0. The van der Waals surface area contributed by atoms with E-state index in [9.17, 15) is 4.79 Å². The molecule has 28 heavy (non-hydrogen) atoms. The number of carbonyl (C=O) groups excluding carboxylic acids is 1. The van der Waals surface area contributed by atoms with E-state index in [2.05, 4.69) is 22.4 Å². The fraction of sp³-hybridized carbons (Fsp3) is 0.280. The summed E-state index contributed by atoms with van der Waals surface area (Å²) in [5.41, 5.74) is 5.99. The molecule has 142 valence electrons. The van der Waals surface area contributed by atoms with Gasteiger partial charge in [0.15, 0.2) is 0 Å². The number of hydrogen-bond acceptors (Lipinski definition) is 2. The summed E-state index contributed by atoms with van der Waals surface area (Å²) in [5, 5.41) is 3.00. The number of benzene rings is 2. The van der Waals surface area contributed by atoms with Gasteiger partial charge in [0.2, 0.25) is 0 Å². The van der Waals surface area contributed by atoms with Crippen LogP contribution in [0.25, 0.3) is 11.3 Å². The van der Waals surface area contributed by atoms with Gasteiger partial charge in [0.25, 0.3) is 5.91 Å². The lowest BCUT2D eigenvalue weighted by Crippen LogP contribution is -2.12. The number of hydrogen-bond donors (Lipinski definition) is 1. The molecular weight excluding hydrogens is 344 g/mol. The number of aryl methyl sites for hydroxylation is 1. The first-order chi connectivity index (χ1) is 13.7. The number of pyridine rings is 1. The molecule has 0 atom stereocenters. The highest BCUT2D eigenvalue weighted by molar-refractivity contribution is 6.04. The highest BCUT2D eigenvalue weighted by Crippen LogP contribution is 2.33. The van der Waals surface area contributed by atoms with E-state index in [0.717, 1.165) is 16.9 Å². The third-order valence-electron chi connectivity index (χ3n) is 5.60. The predicted molar refractivity (Wildman–Crippen MR) is 115 cm³/mol. The Labute approximate surface area is 166 Å². The van der Waals surface area contributed by atoms with Crippen LogP contribution in [0.2, 0.25) is 0 Å². The van der Waals surface area contributed by atoms with Crippen LogP contribution >= 0.6 is 0 Å². The van der Waals surface area contributed by atoms with Crippen LogP contribution in [0.15, 0.2) is 66.9 Å². The van der Waals surface area contributed by atoms with E-state index < -0.39 is 0 Å². The average molecular weight is 370 g/mol. The Hall–Kier alpha value is -2.94. The molecule has 0 radical (unpaired) electrons. The van der Waals surface area contributed by atoms with Gasteiger partial charge in [0.05, 0.1) is 5.69 Å². The molecule has 3 aromatic rings. The Balaban J connectivity index is 1.42. The molecule has 1 amide bonds. The van der Waals surface area contributed by atoms with E-state index in [4.69, 9.17) is 0 Å². The minimum Gasteiger partial charge on any atom is -0.322 e. The van der Waals surface area contributed by atoms with Crippen LogP contribution in [0.3, 0.4) is 0 Å². The smallest absolute Gasteiger partial charge is 0.255 e. The van der Waals surface area contributed by atoms with E-state index in [-0.39, 0.29) is 5.91 Å². The summed E-state index contributed by atoms with van der Waals surface area (Å²) in [5.74, 6) is 0.593. The Morgan fingerprint density at radius 2 is 1.64 bits per heavy atom. The normalized spacial score (nSPS) is 14.6. The van der Waals surface area contributed by atoms with Gasteiger partial charge in [-0.1, -0.05) is 43.5 Å². The van der Waals surface area contributed by atoms with Crippen molar-refractivity contribution in [2.45, 2.75) is 44.9 Å². The highest BCUT2D eigenvalue weighted by atomic mass is 16.1. The topological polar surface area (TPSA) is 42.0 Å². The highest BCUT2D eigenvalue weighted by Gasteiger charge is 2.15. The fourth-order valence-electron chi connectivity index (χ4n) is 3.96. The van der Waals surface area contributed by atoms with Crippen molar-refractivity contribution < 1.29 is 4.79 Å². The Morgan fingerprint density at radius 1 is 0.929 bits per heavy atom. The average Bonchev–Trinajstić information content (AvgIpc) is 2.75. The van der Waals surface area contributed by atoms with Crippen molar-refractivity contribution in [3.05, 3.63) is 83.6 Å². The van der Waals surface area contributed by atoms with Crippen LogP contribution in [0.5, 0.6) is 0 Å². The molecule has 2 aromatic carbocycles. The molecule has 0 saturated heterocycles. The zero-order valence-corrected chi connectivity index (χ0v) is 16.3. The quantitative estimate of drug-likeness (QED) is 0.581. The van der Waals surface area contributed by atoms with Gasteiger partial charge in [0, 0.05) is 23.0 Å². The number of aromatic nitrogens is 1. The van der Waals surface area contributed by atoms with Gasteiger partial charge in [-0.25, -0.2) is 0 Å². The second-order valence-corrected chi connectivity index (χ2v) is 7.71. The first-order valence-electron chi connectivity index (χ1n) is 10.1. The molecule has 0 aliphatic heterocycles. The molecule has 1 aliphatic rings. The molecule has 1 heterocycles. The lowest BCUT2D eigenvalue weighted by Gasteiger charge is -2.22. The third-order valence-corrected chi connectivity index (χ3v) is 5.60. The zero-order valence-electron chi connectivity index (χ0n) is 16.3. The summed E-state index contributed by atoms with van der Waals surface area (Å²) in [6.07, 6.45) is 8.40. The van der Waals surface area contributed by atoms with Crippen molar-refractivity contribution in [1.82, 2.24) is 4.98 Å². The second-order valence-electron chi connectivity index (χ2n) is 7.71. The van der Waals surface area contributed by atoms with E-state index in [1.807, 2.05) is 61.7 Å². The maximum atomic E-state index is 12.6. The summed E-state index contributed by atoms with van der Waals surface area (Å²) in [4.78, 5) is 17.0. The Morgan fingerprint density at radius 3 is 2.32 bits per heavy atom. The molecule has 1 aromatic heterocycles. The number of nitrogens with zero attached hydrogens (tertiary/aromatic N) is 1. The van der Waals surface area contributed by atoms with Crippen molar-refractivity contribution in [2.24, 2.45) is 0 Å². The van der Waals surface area contributed by atoms with E-state index >= 15 is 0 Å². The maximum Gasteiger partial charge on any atom is 0.255 e. The number of amides is 1. The number of carbonyl (C=O) groups is 1. The molecule has 0 spiro atoms. The molecule has 1 saturated carbocycles. The van der Waals surface area contributed by atoms with Gasteiger partial charge in [0.1, 0.15) is 0 Å². The maximum absolute atomic E-state index is 12.6. The van der Waals surface area contributed by atoms with Crippen LogP contribution in [-0.2, 0) is 0 Å². The van der Waals surface area contributed by atoms with E-state index in [1.54, 1.807) is 0 Å². The molecule has 1 aliphatic carbocycles. The zero-order chi connectivity index (χ0) is 19.3. The summed E-state index contributed by atoms with van der Waals surface area (Å²) in [7, 11) is 0. The van der Waals surface area contributed by atoms with Gasteiger partial charge in [-0.05, 0) is 73.2 Å². The van der Waals surface area contributed by atoms with Crippen molar-refractivity contribution in [2.75, 3.05) is 5.32 Å². The lowest BCUT2D eigenvalue weighted by atomic mass is 9.84. The summed E-state index contributed by atoms with van der Waals surface area (Å²) in [6, 6.07) is 20.0. The fourth-order valence-corrected chi connectivity index (χ4v) is 3.96. The van der Waals surface area contributed by atoms with Crippen LogP contribution in [0.1, 0.15) is 59.5 Å².